The molecule has 1 aromatic heterocycles. The molecule has 0 radical (unpaired) electrons. The summed E-state index contributed by atoms with van der Waals surface area (Å²) in [5.74, 6) is -0.217. The first-order valence-corrected chi connectivity index (χ1v) is 8.13. The third-order valence-electron chi connectivity index (χ3n) is 2.46. The van der Waals surface area contributed by atoms with Crippen LogP contribution in [0.4, 0.5) is 0 Å². The van der Waals surface area contributed by atoms with E-state index < -0.39 is 10.0 Å². The van der Waals surface area contributed by atoms with Crippen LogP contribution in [0.5, 0.6) is 0 Å². The smallest absolute Gasteiger partial charge is 0.247 e. The zero-order valence-corrected chi connectivity index (χ0v) is 12.9. The van der Waals surface area contributed by atoms with Crippen molar-refractivity contribution < 1.29 is 22.7 Å². The Kier molecular flexibility index (Phi) is 6.56. The molecule has 0 fully saturated rings. The van der Waals surface area contributed by atoms with E-state index in [0.29, 0.717) is 18.0 Å². The highest BCUT2D eigenvalue weighted by molar-refractivity contribution is 7.91. The van der Waals surface area contributed by atoms with Gasteiger partial charge in [0, 0.05) is 25.6 Å². The van der Waals surface area contributed by atoms with Crippen molar-refractivity contribution in [3.8, 4) is 0 Å². The maximum absolute atomic E-state index is 11.7. The van der Waals surface area contributed by atoms with E-state index in [1.165, 1.54) is 13.2 Å². The monoisotopic (exact) mass is 322 g/mol. The van der Waals surface area contributed by atoms with Crippen molar-refractivity contribution in [3.63, 3.8) is 0 Å². The Balaban J connectivity index is 2.48. The van der Waals surface area contributed by atoms with Crippen LogP contribution < -0.4 is 10.5 Å². The van der Waals surface area contributed by atoms with Gasteiger partial charge in [-0.05, 0) is 12.1 Å². The molecular weight excluding hydrogens is 304 g/mol. The Labute approximate surface area is 122 Å². The quantitative estimate of drug-likeness (QED) is 0.684. The van der Waals surface area contributed by atoms with E-state index in [1.54, 1.807) is 13.2 Å². The number of carbonyl (C=O) groups excluding carboxylic acids is 1. The lowest BCUT2D eigenvalue weighted by Crippen LogP contribution is -2.36. The zero-order chi connectivity index (χ0) is 15.2. The summed E-state index contributed by atoms with van der Waals surface area (Å²) in [5, 5.41) is 7.70. The van der Waals surface area contributed by atoms with Gasteiger partial charge < -0.3 is 14.8 Å². The molecular formula is C11H18N2O5S2. The lowest BCUT2D eigenvalue weighted by molar-refractivity contribution is -0.121. The van der Waals surface area contributed by atoms with Crippen LogP contribution in [0.2, 0.25) is 0 Å². The van der Waals surface area contributed by atoms with Crippen LogP contribution in [0.25, 0.3) is 0 Å². The first kappa shape index (κ1) is 17.1. The van der Waals surface area contributed by atoms with Gasteiger partial charge in [0.05, 0.1) is 19.1 Å². The van der Waals surface area contributed by atoms with Gasteiger partial charge in [-0.1, -0.05) is 0 Å². The van der Waals surface area contributed by atoms with Crippen LogP contribution in [0.1, 0.15) is 4.88 Å². The van der Waals surface area contributed by atoms with E-state index >= 15 is 0 Å². The third kappa shape index (κ3) is 5.55. The van der Waals surface area contributed by atoms with Gasteiger partial charge in [0.1, 0.15) is 4.21 Å². The molecule has 3 N–H and O–H groups in total. The minimum atomic E-state index is -3.70. The van der Waals surface area contributed by atoms with Crippen molar-refractivity contribution in [3.05, 3.63) is 17.0 Å². The first-order valence-electron chi connectivity index (χ1n) is 5.76. The van der Waals surface area contributed by atoms with Crippen molar-refractivity contribution in [2.75, 3.05) is 27.4 Å². The Morgan fingerprint density at radius 3 is 2.65 bits per heavy atom. The van der Waals surface area contributed by atoms with Crippen molar-refractivity contribution in [1.29, 1.82) is 0 Å². The summed E-state index contributed by atoms with van der Waals surface area (Å²) >= 11 is 0.989. The fourth-order valence-electron chi connectivity index (χ4n) is 1.45. The molecule has 0 aliphatic rings. The van der Waals surface area contributed by atoms with Crippen LogP contribution >= 0.6 is 11.3 Å². The van der Waals surface area contributed by atoms with Crippen LogP contribution in [0.3, 0.4) is 0 Å². The summed E-state index contributed by atoms with van der Waals surface area (Å²) in [6.07, 6.45) is -0.115. The number of sulfonamides is 1. The minimum absolute atomic E-state index is 0.0504. The number of nitrogens with one attached hydrogen (secondary N) is 1. The van der Waals surface area contributed by atoms with E-state index in [1.807, 2.05) is 0 Å². The molecule has 1 amide bonds. The molecule has 1 rings (SSSR count). The molecule has 1 atom stereocenters. The third-order valence-corrected chi connectivity index (χ3v) is 4.99. The summed E-state index contributed by atoms with van der Waals surface area (Å²) in [6.45, 7) is 0.710. The van der Waals surface area contributed by atoms with Gasteiger partial charge in [0.2, 0.25) is 15.9 Å². The highest BCUT2D eigenvalue weighted by Crippen LogP contribution is 2.20. The first-order chi connectivity index (χ1) is 9.36. The van der Waals surface area contributed by atoms with Crippen LogP contribution in [-0.4, -0.2) is 47.8 Å². The average Bonchev–Trinajstić information content (AvgIpc) is 2.82. The second-order valence-electron chi connectivity index (χ2n) is 4.06. The van der Waals surface area contributed by atoms with E-state index in [4.69, 9.17) is 14.6 Å². The predicted octanol–water partition coefficient (Wildman–Crippen LogP) is -0.284. The molecule has 9 heteroatoms. The van der Waals surface area contributed by atoms with E-state index in [9.17, 15) is 13.2 Å². The predicted molar refractivity (Wildman–Crippen MR) is 75.1 cm³/mol. The Bertz CT molecular complexity index is 541. The Hall–Kier alpha value is -1.00. The lowest BCUT2D eigenvalue weighted by Gasteiger charge is -2.14. The minimum Gasteiger partial charge on any atom is -0.382 e. The standard InChI is InChI=1S/C11H18N2O5S2/c1-17-7-8(18-2)6-13-10(14)5-9-3-4-11(19-9)20(12,15)16/h3-4,8H,5-7H2,1-2H3,(H,13,14)(H2,12,15,16). The molecule has 0 aliphatic heterocycles. The summed E-state index contributed by atoms with van der Waals surface area (Å²) in [7, 11) is -0.619. The van der Waals surface area contributed by atoms with Gasteiger partial charge in [0.25, 0.3) is 0 Å². The van der Waals surface area contributed by atoms with E-state index in [0.717, 1.165) is 11.3 Å². The summed E-state index contributed by atoms with van der Waals surface area (Å²) in [6, 6.07) is 2.97. The van der Waals surface area contributed by atoms with Gasteiger partial charge in [0.15, 0.2) is 0 Å². The number of methoxy groups -OCH3 is 2. The number of thiophene rings is 1. The van der Waals surface area contributed by atoms with E-state index in [2.05, 4.69) is 5.32 Å². The molecule has 1 heterocycles. The summed E-state index contributed by atoms with van der Waals surface area (Å²) < 4.78 is 32.3. The number of hydrogen-bond donors (Lipinski definition) is 2. The second kappa shape index (κ2) is 7.70. The fraction of sp³-hybridized carbons (Fsp3) is 0.545. The van der Waals surface area contributed by atoms with Crippen LogP contribution in [0, 0.1) is 0 Å². The largest absolute Gasteiger partial charge is 0.382 e. The number of nitrogens with two attached hydrogens (primary N) is 1. The zero-order valence-electron chi connectivity index (χ0n) is 11.3. The number of ether oxygens (including phenoxy) is 2. The second-order valence-corrected chi connectivity index (χ2v) is 7.02. The van der Waals surface area contributed by atoms with Crippen molar-refractivity contribution in [2.45, 2.75) is 16.7 Å². The highest BCUT2D eigenvalue weighted by Gasteiger charge is 2.14. The summed E-state index contributed by atoms with van der Waals surface area (Å²) in [4.78, 5) is 12.3. The van der Waals surface area contributed by atoms with Crippen LogP contribution in [0.15, 0.2) is 16.3 Å². The molecule has 0 saturated carbocycles. The van der Waals surface area contributed by atoms with E-state index in [-0.39, 0.29) is 22.6 Å². The Morgan fingerprint density at radius 1 is 1.45 bits per heavy atom. The molecule has 1 unspecified atom stereocenters. The van der Waals surface area contributed by atoms with Crippen molar-refractivity contribution in [2.24, 2.45) is 5.14 Å². The molecule has 1 aromatic rings. The van der Waals surface area contributed by atoms with Gasteiger partial charge >= 0.3 is 0 Å². The summed E-state index contributed by atoms with van der Waals surface area (Å²) in [5.41, 5.74) is 0. The topological polar surface area (TPSA) is 108 Å². The maximum Gasteiger partial charge on any atom is 0.247 e. The number of primary sulfonamides is 1. The molecule has 7 nitrogen and oxygen atoms in total. The number of carbonyl (C=O) groups is 1. The lowest BCUT2D eigenvalue weighted by atomic mass is 10.3. The molecule has 20 heavy (non-hydrogen) atoms. The Morgan fingerprint density at radius 2 is 2.15 bits per heavy atom. The maximum atomic E-state index is 11.7. The molecule has 0 aliphatic carbocycles. The van der Waals surface area contributed by atoms with Gasteiger partial charge in [-0.3, -0.25) is 4.79 Å². The molecule has 114 valence electrons. The molecule has 0 bridgehead atoms. The molecule has 0 saturated heterocycles. The highest BCUT2D eigenvalue weighted by atomic mass is 32.2. The number of rotatable bonds is 8. The van der Waals surface area contributed by atoms with Crippen molar-refractivity contribution >= 4 is 27.3 Å². The number of hydrogen-bond acceptors (Lipinski definition) is 6. The van der Waals surface area contributed by atoms with Gasteiger partial charge in [-0.15, -0.1) is 11.3 Å². The SMILES string of the molecule is COCC(CNC(=O)Cc1ccc(S(N)(=O)=O)s1)OC. The van der Waals surface area contributed by atoms with Crippen molar-refractivity contribution in [1.82, 2.24) is 5.32 Å². The number of amides is 1. The average molecular weight is 322 g/mol. The molecule has 0 aromatic carbocycles. The van der Waals surface area contributed by atoms with Gasteiger partial charge in [-0.25, -0.2) is 13.6 Å². The normalized spacial score (nSPS) is 13.2. The van der Waals surface area contributed by atoms with Crippen LogP contribution in [-0.2, 0) is 30.7 Å². The molecule has 0 spiro atoms. The fourth-order valence-corrected chi connectivity index (χ4v) is 3.23. The van der Waals surface area contributed by atoms with Gasteiger partial charge in [-0.2, -0.15) is 0 Å².